The lowest BCUT2D eigenvalue weighted by Gasteiger charge is -2.40. The maximum atomic E-state index is 13.2. The molecule has 0 saturated carbocycles. The van der Waals surface area contributed by atoms with Crippen LogP contribution in [0.1, 0.15) is 89.6 Å². The topological polar surface area (TPSA) is 85.0 Å². The van der Waals surface area contributed by atoms with Gasteiger partial charge in [0, 0.05) is 79.8 Å². The molecule has 1 aliphatic carbocycles. The van der Waals surface area contributed by atoms with E-state index in [0.717, 1.165) is 120 Å². The number of amides is 3. The second kappa shape index (κ2) is 18.9. The summed E-state index contributed by atoms with van der Waals surface area (Å²) in [4.78, 5) is 50.0. The van der Waals surface area contributed by atoms with Crippen LogP contribution in [-0.4, -0.2) is 77.7 Å². The Hall–Kier alpha value is -5.03. The SMILES string of the molecule is C=C1Nc2cc(C(=O)N3CCC(Cc4ccccc4)CC3)ccc2Sc2ccccc21.O=C1Nc2cc(C(=O)N3CCC(N4CCCCC4)CC3)ccc2SC2=CCCC=C12. The molecule has 0 bridgehead atoms. The minimum Gasteiger partial charge on any atom is -0.355 e. The number of fused-ring (bicyclic) bond motifs is 4. The van der Waals surface area contributed by atoms with Crippen LogP contribution in [0, 0.1) is 5.92 Å². The molecule has 2 N–H and O–H groups in total. The molecule has 5 aliphatic heterocycles. The number of hydrogen-bond donors (Lipinski definition) is 2. The fourth-order valence-electron chi connectivity index (χ4n) is 9.49. The normalized spacial score (nSPS) is 19.5. The number of benzene rings is 4. The number of anilines is 2. The molecule has 0 atom stereocenters. The molecule has 0 aromatic heterocycles. The highest BCUT2D eigenvalue weighted by molar-refractivity contribution is 8.03. The van der Waals surface area contributed by atoms with Gasteiger partial charge in [0.15, 0.2) is 0 Å². The molecule has 4 aromatic carbocycles. The van der Waals surface area contributed by atoms with E-state index in [9.17, 15) is 14.4 Å². The van der Waals surface area contributed by atoms with Crippen LogP contribution in [0.15, 0.2) is 135 Å². The van der Waals surface area contributed by atoms with Crippen LogP contribution in [0.25, 0.3) is 5.70 Å². The van der Waals surface area contributed by atoms with E-state index in [1.54, 1.807) is 23.5 Å². The van der Waals surface area contributed by atoms with Gasteiger partial charge in [-0.25, -0.2) is 0 Å². The Kier molecular flexibility index (Phi) is 12.8. The lowest BCUT2D eigenvalue weighted by molar-refractivity contribution is -0.112. The zero-order valence-electron chi connectivity index (χ0n) is 34.9. The molecule has 10 heteroatoms. The van der Waals surface area contributed by atoms with E-state index in [2.05, 4.69) is 76.7 Å². The third kappa shape index (κ3) is 9.57. The van der Waals surface area contributed by atoms with Crippen molar-refractivity contribution < 1.29 is 14.4 Å². The van der Waals surface area contributed by atoms with Crippen molar-refractivity contribution in [3.05, 3.63) is 142 Å². The Labute approximate surface area is 368 Å². The number of rotatable bonds is 5. The Morgan fingerprint density at radius 1 is 0.639 bits per heavy atom. The molecule has 0 radical (unpaired) electrons. The van der Waals surface area contributed by atoms with E-state index in [4.69, 9.17) is 0 Å². The summed E-state index contributed by atoms with van der Waals surface area (Å²) < 4.78 is 0. The molecule has 3 fully saturated rings. The summed E-state index contributed by atoms with van der Waals surface area (Å²) in [6, 6.07) is 31.3. The fourth-order valence-corrected chi connectivity index (χ4v) is 11.6. The van der Waals surface area contributed by atoms with Gasteiger partial charge in [-0.3, -0.25) is 14.4 Å². The van der Waals surface area contributed by atoms with Gasteiger partial charge in [-0.1, -0.05) is 97.2 Å². The first-order valence-electron chi connectivity index (χ1n) is 22.1. The van der Waals surface area contributed by atoms with E-state index in [1.165, 1.54) is 42.8 Å². The molecule has 3 saturated heterocycles. The van der Waals surface area contributed by atoms with E-state index in [-0.39, 0.29) is 17.7 Å². The highest BCUT2D eigenvalue weighted by Gasteiger charge is 2.30. The number of thioether (sulfide) groups is 1. The molecule has 314 valence electrons. The van der Waals surface area contributed by atoms with Gasteiger partial charge in [0.25, 0.3) is 17.7 Å². The maximum absolute atomic E-state index is 13.2. The molecule has 8 nitrogen and oxygen atoms in total. The fraction of sp³-hybridized carbons (Fsp3) is 0.353. The van der Waals surface area contributed by atoms with Gasteiger partial charge in [0.2, 0.25) is 0 Å². The van der Waals surface area contributed by atoms with Crippen molar-refractivity contribution >= 4 is 58.3 Å². The van der Waals surface area contributed by atoms with Gasteiger partial charge >= 0.3 is 0 Å². The molecule has 5 heterocycles. The number of carbonyl (C=O) groups excluding carboxylic acids is 3. The van der Waals surface area contributed by atoms with Crippen molar-refractivity contribution in [1.82, 2.24) is 14.7 Å². The van der Waals surface area contributed by atoms with E-state index < -0.39 is 0 Å². The molecule has 0 unspecified atom stereocenters. The number of nitrogens with one attached hydrogen (secondary N) is 2. The van der Waals surface area contributed by atoms with Crippen LogP contribution >= 0.6 is 23.5 Å². The third-order valence-corrected chi connectivity index (χ3v) is 15.3. The molecule has 0 spiro atoms. The quantitative estimate of drug-likeness (QED) is 0.207. The molecule has 61 heavy (non-hydrogen) atoms. The molecular weight excluding hydrogens is 795 g/mol. The third-order valence-electron chi connectivity index (χ3n) is 12.9. The Bertz CT molecular complexity index is 2350. The summed E-state index contributed by atoms with van der Waals surface area (Å²) in [5.74, 6) is 0.784. The van der Waals surface area contributed by atoms with Crippen LogP contribution in [0.5, 0.6) is 0 Å². The van der Waals surface area contributed by atoms with Crippen molar-refractivity contribution in [3.63, 3.8) is 0 Å². The average molecular weight is 850 g/mol. The van der Waals surface area contributed by atoms with Gasteiger partial charge in [-0.15, -0.1) is 0 Å². The summed E-state index contributed by atoms with van der Waals surface area (Å²) >= 11 is 3.33. The molecule has 10 rings (SSSR count). The number of hydrogen-bond acceptors (Lipinski definition) is 7. The maximum Gasteiger partial charge on any atom is 0.256 e. The largest absolute Gasteiger partial charge is 0.355 e. The number of nitrogens with zero attached hydrogens (tertiary/aromatic N) is 3. The minimum atomic E-state index is -0.0702. The first-order chi connectivity index (χ1) is 29.9. The van der Waals surface area contributed by atoms with Gasteiger partial charge in [-0.2, -0.15) is 0 Å². The molecule has 6 aliphatic rings. The second-order valence-electron chi connectivity index (χ2n) is 17.0. The van der Waals surface area contributed by atoms with Crippen LogP contribution in [0.3, 0.4) is 0 Å². The van der Waals surface area contributed by atoms with Gasteiger partial charge in [0.05, 0.1) is 11.4 Å². The van der Waals surface area contributed by atoms with E-state index in [0.29, 0.717) is 17.5 Å². The highest BCUT2D eigenvalue weighted by Crippen LogP contribution is 2.43. The van der Waals surface area contributed by atoms with Gasteiger partial charge in [0.1, 0.15) is 0 Å². The van der Waals surface area contributed by atoms with Crippen molar-refractivity contribution in [3.8, 4) is 0 Å². The van der Waals surface area contributed by atoms with Crippen LogP contribution in [0.2, 0.25) is 0 Å². The lowest BCUT2D eigenvalue weighted by atomic mass is 9.90. The standard InChI is InChI=1S/C27H26N2OS.C24H29N3O2S/c1-19-23-9-5-6-10-25(23)31-26-12-11-22(18-24(26)28-19)27(30)29-15-13-21(14-16-29)17-20-7-3-2-4-8-20;28-23-19-6-2-3-7-21(19)30-22-9-8-17(16-20(22)25-23)24(29)27-14-10-18(11-15-27)26-12-4-1-5-13-26/h2-12,18,21,28H,1,13-17H2;6-9,16,18H,1-5,10-15H2,(H,25,28). The van der Waals surface area contributed by atoms with Crippen LogP contribution < -0.4 is 10.6 Å². The van der Waals surface area contributed by atoms with Crippen LogP contribution in [0.4, 0.5) is 11.4 Å². The van der Waals surface area contributed by atoms with Gasteiger partial charge in [-0.05, 0) is 125 Å². The van der Waals surface area contributed by atoms with Crippen LogP contribution in [-0.2, 0) is 11.2 Å². The predicted molar refractivity (Wildman–Crippen MR) is 249 cm³/mol. The van der Waals surface area contributed by atoms with Gasteiger partial charge < -0.3 is 25.3 Å². The summed E-state index contributed by atoms with van der Waals surface area (Å²) in [6.45, 7) is 9.92. The van der Waals surface area contributed by atoms with Crippen molar-refractivity contribution in [2.24, 2.45) is 5.92 Å². The average Bonchev–Trinajstić information content (AvgIpc) is 3.55. The smallest absolute Gasteiger partial charge is 0.256 e. The zero-order chi connectivity index (χ0) is 41.7. The summed E-state index contributed by atoms with van der Waals surface area (Å²) in [5, 5.41) is 6.45. The first kappa shape index (κ1) is 41.3. The number of piperidine rings is 3. The summed E-state index contributed by atoms with van der Waals surface area (Å²) in [6.07, 6.45) is 15.4. The highest BCUT2D eigenvalue weighted by atomic mass is 32.2. The Balaban J connectivity index is 0.000000156. The number of carbonyl (C=O) groups is 3. The first-order valence-corrected chi connectivity index (χ1v) is 23.8. The number of allylic oxidation sites excluding steroid dienone is 2. The molecular formula is C51H55N5O3S2. The Morgan fingerprint density at radius 2 is 1.25 bits per heavy atom. The van der Waals surface area contributed by atoms with Crippen molar-refractivity contribution in [1.29, 1.82) is 0 Å². The minimum absolute atomic E-state index is 0.0702. The molecule has 3 amide bonds. The monoisotopic (exact) mass is 849 g/mol. The predicted octanol–water partition coefficient (Wildman–Crippen LogP) is 10.8. The van der Waals surface area contributed by atoms with Crippen molar-refractivity contribution in [2.75, 3.05) is 49.9 Å². The summed E-state index contributed by atoms with van der Waals surface area (Å²) in [5.41, 5.74) is 7.24. The van der Waals surface area contributed by atoms with E-state index in [1.807, 2.05) is 58.3 Å². The molecule has 4 aromatic rings. The Morgan fingerprint density at radius 3 is 1.95 bits per heavy atom. The number of likely N-dealkylation sites (tertiary alicyclic amines) is 3. The van der Waals surface area contributed by atoms with Crippen molar-refractivity contribution in [2.45, 2.75) is 84.9 Å². The second-order valence-corrected chi connectivity index (χ2v) is 19.2. The lowest BCUT2D eigenvalue weighted by Crippen LogP contribution is -2.48. The zero-order valence-corrected chi connectivity index (χ0v) is 36.5. The van der Waals surface area contributed by atoms with E-state index >= 15 is 0 Å². The summed E-state index contributed by atoms with van der Waals surface area (Å²) in [7, 11) is 0.